The Morgan fingerprint density at radius 1 is 1.21 bits per heavy atom. The van der Waals surface area contributed by atoms with Gasteiger partial charge in [0.25, 0.3) is 0 Å². The van der Waals surface area contributed by atoms with E-state index in [-0.39, 0.29) is 11.8 Å². The first-order valence-electron chi connectivity index (χ1n) is 6.67. The third-order valence-electron chi connectivity index (χ3n) is 2.84. The molecule has 112 valence electrons. The second kappa shape index (κ2) is 9.75. The second-order valence-electron chi connectivity index (χ2n) is 5.18. The molecule has 0 saturated heterocycles. The van der Waals surface area contributed by atoms with Crippen LogP contribution in [0.2, 0.25) is 0 Å². The molecule has 6 nitrogen and oxygen atoms in total. The van der Waals surface area contributed by atoms with Crippen molar-refractivity contribution >= 4 is 11.9 Å². The molecule has 6 heteroatoms. The van der Waals surface area contributed by atoms with Crippen LogP contribution in [-0.2, 0) is 9.59 Å². The van der Waals surface area contributed by atoms with Gasteiger partial charge in [0.2, 0.25) is 5.91 Å². The quantitative estimate of drug-likeness (QED) is 0.552. The second-order valence-corrected chi connectivity index (χ2v) is 5.18. The highest BCUT2D eigenvalue weighted by Gasteiger charge is 2.15. The van der Waals surface area contributed by atoms with Crippen LogP contribution < -0.4 is 5.32 Å². The lowest BCUT2D eigenvalue weighted by Crippen LogP contribution is -2.38. The SMILES string of the molecule is CC(=O)NCCCN(CCN(C)C)CC(C)C(=O)O. The summed E-state index contributed by atoms with van der Waals surface area (Å²) in [4.78, 5) is 25.9. The number of rotatable bonds is 10. The molecule has 0 rings (SSSR count). The molecule has 0 heterocycles. The van der Waals surface area contributed by atoms with E-state index in [0.29, 0.717) is 13.1 Å². The minimum atomic E-state index is -0.767. The number of carbonyl (C=O) groups is 2. The topological polar surface area (TPSA) is 72.9 Å². The van der Waals surface area contributed by atoms with Crippen LogP contribution in [-0.4, -0.2) is 73.6 Å². The lowest BCUT2D eigenvalue weighted by atomic mass is 10.1. The lowest BCUT2D eigenvalue weighted by molar-refractivity contribution is -0.141. The van der Waals surface area contributed by atoms with Crippen molar-refractivity contribution in [1.29, 1.82) is 0 Å². The number of nitrogens with one attached hydrogen (secondary N) is 1. The molecule has 0 fully saturated rings. The summed E-state index contributed by atoms with van der Waals surface area (Å²) in [6, 6.07) is 0. The molecule has 0 saturated carbocycles. The Bertz CT molecular complexity index is 282. The fourth-order valence-corrected chi connectivity index (χ4v) is 1.67. The van der Waals surface area contributed by atoms with E-state index < -0.39 is 5.97 Å². The maximum Gasteiger partial charge on any atom is 0.307 e. The van der Waals surface area contributed by atoms with Crippen LogP contribution in [0.5, 0.6) is 0 Å². The van der Waals surface area contributed by atoms with E-state index in [1.807, 2.05) is 14.1 Å². The fourth-order valence-electron chi connectivity index (χ4n) is 1.67. The van der Waals surface area contributed by atoms with Gasteiger partial charge in [-0.3, -0.25) is 9.59 Å². The molecule has 0 aliphatic carbocycles. The minimum Gasteiger partial charge on any atom is -0.481 e. The number of nitrogens with zero attached hydrogens (tertiary/aromatic N) is 2. The maximum atomic E-state index is 10.9. The Kier molecular flexibility index (Phi) is 9.16. The predicted octanol–water partition coefficient (Wildman–Crippen LogP) is 0.0969. The Hall–Kier alpha value is -1.14. The van der Waals surface area contributed by atoms with E-state index in [9.17, 15) is 9.59 Å². The summed E-state index contributed by atoms with van der Waals surface area (Å²) < 4.78 is 0. The molecule has 1 atom stereocenters. The van der Waals surface area contributed by atoms with E-state index in [1.54, 1.807) is 6.92 Å². The van der Waals surface area contributed by atoms with Crippen LogP contribution in [0.3, 0.4) is 0 Å². The van der Waals surface area contributed by atoms with E-state index in [1.165, 1.54) is 6.92 Å². The Labute approximate surface area is 115 Å². The molecule has 0 aromatic heterocycles. The first kappa shape index (κ1) is 17.9. The van der Waals surface area contributed by atoms with Crippen molar-refractivity contribution in [2.24, 2.45) is 5.92 Å². The van der Waals surface area contributed by atoms with Crippen molar-refractivity contribution in [1.82, 2.24) is 15.1 Å². The van der Waals surface area contributed by atoms with Gasteiger partial charge < -0.3 is 20.2 Å². The average molecular weight is 273 g/mol. The summed E-state index contributed by atoms with van der Waals surface area (Å²) in [5.41, 5.74) is 0. The number of carbonyl (C=O) groups excluding carboxylic acids is 1. The van der Waals surface area contributed by atoms with Crippen LogP contribution in [0.25, 0.3) is 0 Å². The van der Waals surface area contributed by atoms with Gasteiger partial charge in [0.1, 0.15) is 0 Å². The molecule has 0 aromatic carbocycles. The fraction of sp³-hybridized carbons (Fsp3) is 0.846. The molecular weight excluding hydrogens is 246 g/mol. The molecule has 1 amide bonds. The summed E-state index contributed by atoms with van der Waals surface area (Å²) in [5.74, 6) is -1.17. The lowest BCUT2D eigenvalue weighted by Gasteiger charge is -2.25. The Morgan fingerprint density at radius 3 is 2.32 bits per heavy atom. The molecule has 19 heavy (non-hydrogen) atoms. The first-order chi connectivity index (χ1) is 8.82. The summed E-state index contributed by atoms with van der Waals surface area (Å²) in [7, 11) is 3.99. The Balaban J connectivity index is 4.09. The summed E-state index contributed by atoms with van der Waals surface area (Å²) >= 11 is 0. The highest BCUT2D eigenvalue weighted by molar-refractivity contribution is 5.72. The van der Waals surface area contributed by atoms with Gasteiger partial charge in [-0.2, -0.15) is 0 Å². The number of amides is 1. The van der Waals surface area contributed by atoms with E-state index >= 15 is 0 Å². The Morgan fingerprint density at radius 2 is 1.84 bits per heavy atom. The molecule has 1 unspecified atom stereocenters. The van der Waals surface area contributed by atoms with Crippen molar-refractivity contribution in [2.45, 2.75) is 20.3 Å². The smallest absolute Gasteiger partial charge is 0.307 e. The highest BCUT2D eigenvalue weighted by Crippen LogP contribution is 2.01. The van der Waals surface area contributed by atoms with Gasteiger partial charge in [-0.05, 0) is 27.1 Å². The molecule has 0 aliphatic heterocycles. The van der Waals surface area contributed by atoms with Gasteiger partial charge >= 0.3 is 5.97 Å². The summed E-state index contributed by atoms with van der Waals surface area (Å²) in [6.07, 6.45) is 0.833. The van der Waals surface area contributed by atoms with Crippen LogP contribution in [0.1, 0.15) is 20.3 Å². The predicted molar refractivity (Wildman–Crippen MR) is 75.1 cm³/mol. The zero-order chi connectivity index (χ0) is 14.8. The third kappa shape index (κ3) is 10.5. The number of carboxylic acids is 1. The first-order valence-corrected chi connectivity index (χ1v) is 6.67. The minimum absolute atomic E-state index is 0.0289. The van der Waals surface area contributed by atoms with E-state index in [2.05, 4.69) is 15.1 Å². The molecule has 0 bridgehead atoms. The van der Waals surface area contributed by atoms with Gasteiger partial charge in [-0.1, -0.05) is 6.92 Å². The zero-order valence-corrected chi connectivity index (χ0v) is 12.5. The van der Waals surface area contributed by atoms with Gasteiger partial charge in [0, 0.05) is 33.1 Å². The zero-order valence-electron chi connectivity index (χ0n) is 12.5. The molecule has 0 radical (unpaired) electrons. The number of hydrogen-bond donors (Lipinski definition) is 2. The summed E-state index contributed by atoms with van der Waals surface area (Å²) in [6.45, 7) is 6.93. The van der Waals surface area contributed by atoms with Gasteiger partial charge in [-0.25, -0.2) is 0 Å². The molecular formula is C13H27N3O3. The van der Waals surface area contributed by atoms with Crippen LogP contribution in [0.15, 0.2) is 0 Å². The third-order valence-corrected chi connectivity index (χ3v) is 2.84. The maximum absolute atomic E-state index is 10.9. The number of hydrogen-bond acceptors (Lipinski definition) is 4. The van der Waals surface area contributed by atoms with Crippen molar-refractivity contribution in [3.63, 3.8) is 0 Å². The molecule has 0 spiro atoms. The van der Waals surface area contributed by atoms with Crippen molar-refractivity contribution in [2.75, 3.05) is 46.8 Å². The standard InChI is InChI=1S/C13H27N3O3/c1-11(13(18)19)10-16(9-8-15(3)4)7-5-6-14-12(2)17/h11H,5-10H2,1-4H3,(H,14,17)(H,18,19). The van der Waals surface area contributed by atoms with Crippen molar-refractivity contribution < 1.29 is 14.7 Å². The average Bonchev–Trinajstić information content (AvgIpc) is 2.30. The van der Waals surface area contributed by atoms with Crippen LogP contribution in [0.4, 0.5) is 0 Å². The highest BCUT2D eigenvalue weighted by atomic mass is 16.4. The largest absolute Gasteiger partial charge is 0.481 e. The number of aliphatic carboxylic acids is 1. The summed E-state index contributed by atoms with van der Waals surface area (Å²) in [5, 5.41) is 11.7. The van der Waals surface area contributed by atoms with Crippen LogP contribution in [0, 0.1) is 5.92 Å². The van der Waals surface area contributed by atoms with E-state index in [0.717, 1.165) is 26.1 Å². The monoisotopic (exact) mass is 273 g/mol. The molecule has 2 N–H and O–H groups in total. The van der Waals surface area contributed by atoms with E-state index in [4.69, 9.17) is 5.11 Å². The number of carboxylic acid groups (broad SMARTS) is 1. The molecule has 0 aromatic rings. The normalized spacial score (nSPS) is 12.7. The van der Waals surface area contributed by atoms with Gasteiger partial charge in [0.15, 0.2) is 0 Å². The van der Waals surface area contributed by atoms with Crippen molar-refractivity contribution in [3.05, 3.63) is 0 Å². The van der Waals surface area contributed by atoms with Crippen LogP contribution >= 0.6 is 0 Å². The molecule has 0 aliphatic rings. The number of likely N-dealkylation sites (N-methyl/N-ethyl adjacent to an activating group) is 1. The van der Waals surface area contributed by atoms with Gasteiger partial charge in [0.05, 0.1) is 5.92 Å². The van der Waals surface area contributed by atoms with Gasteiger partial charge in [-0.15, -0.1) is 0 Å². The van der Waals surface area contributed by atoms with Crippen molar-refractivity contribution in [3.8, 4) is 0 Å².